The van der Waals surface area contributed by atoms with E-state index >= 15 is 0 Å². The average molecular weight is 253 g/mol. The Morgan fingerprint density at radius 2 is 2.18 bits per heavy atom. The summed E-state index contributed by atoms with van der Waals surface area (Å²) < 4.78 is 8.52. The Morgan fingerprint density at radius 3 is 2.76 bits per heavy atom. The van der Waals surface area contributed by atoms with Crippen LogP contribution in [0.3, 0.4) is 0 Å². The van der Waals surface area contributed by atoms with Gasteiger partial charge in [0.1, 0.15) is 12.4 Å². The van der Waals surface area contributed by atoms with Crippen LogP contribution in [0.25, 0.3) is 0 Å². The van der Waals surface area contributed by atoms with Crippen molar-refractivity contribution in [3.05, 3.63) is 42.5 Å². The molecule has 0 bridgehead atoms. The van der Waals surface area contributed by atoms with Crippen molar-refractivity contribution < 1.29 is 4.74 Å². The number of hydrazone groups is 1. The Hall–Kier alpha value is -2.01. The Labute approximate surface area is 105 Å². The van der Waals surface area contributed by atoms with E-state index in [1.165, 1.54) is 0 Å². The first kappa shape index (κ1) is 13.1. The minimum atomic E-state index is 0.0360. The van der Waals surface area contributed by atoms with Crippen LogP contribution in [0, 0.1) is 0 Å². The third-order valence-electron chi connectivity index (χ3n) is 1.73. The third kappa shape index (κ3) is 5.03. The van der Waals surface area contributed by atoms with Crippen LogP contribution in [-0.2, 0) is 0 Å². The topological polar surface area (TPSA) is 72.0 Å². The fourth-order valence-corrected chi connectivity index (χ4v) is 1.03. The third-order valence-corrected chi connectivity index (χ3v) is 1.91. The van der Waals surface area contributed by atoms with Crippen LogP contribution in [0.4, 0.5) is 0 Å². The number of hydrogen-bond acceptors (Lipinski definition) is 3. The van der Waals surface area contributed by atoms with E-state index in [-0.39, 0.29) is 5.96 Å². The van der Waals surface area contributed by atoms with Gasteiger partial charge in [0, 0.05) is 11.8 Å². The van der Waals surface area contributed by atoms with Crippen LogP contribution >= 0.6 is 11.8 Å². The molecular weight excluding hydrogens is 240 g/mol. The lowest BCUT2D eigenvalue weighted by atomic mass is 10.2. The summed E-state index contributed by atoms with van der Waals surface area (Å²) >= 11 is 5.10. The molecule has 3 N–H and O–H groups in total. The number of ether oxygens (including phenoxy) is 1. The predicted molar refractivity (Wildman–Crippen MR) is 70.3 cm³/mol. The molecule has 0 unspecified atom stereocenters. The zero-order chi connectivity index (χ0) is 12.5. The van der Waals surface area contributed by atoms with Gasteiger partial charge in [-0.3, -0.25) is 0 Å². The molecule has 0 aliphatic heterocycles. The maximum atomic E-state index is 5.34. The molecule has 6 heteroatoms. The maximum absolute atomic E-state index is 5.34. The first-order valence-electron chi connectivity index (χ1n) is 4.83. The largest absolute Gasteiger partial charge is 0.490 e. The molecule has 0 heterocycles. The quantitative estimate of drug-likeness (QED) is 0.362. The highest BCUT2D eigenvalue weighted by atomic mass is 35.5. The summed E-state index contributed by atoms with van der Waals surface area (Å²) in [5.74, 6) is 0.811. The molecule has 0 atom stereocenters. The van der Waals surface area contributed by atoms with Crippen molar-refractivity contribution in [3.8, 4) is 5.75 Å². The van der Waals surface area contributed by atoms with Crippen LogP contribution < -0.4 is 15.9 Å². The lowest BCUT2D eigenvalue weighted by Gasteiger charge is -2.02. The fraction of sp³-hybridized carbons (Fsp3) is 0.0909. The van der Waals surface area contributed by atoms with Crippen LogP contribution in [0.2, 0.25) is 0 Å². The van der Waals surface area contributed by atoms with Gasteiger partial charge in [0.2, 0.25) is 5.96 Å². The normalized spacial score (nSPS) is 11.5. The number of rotatable bonds is 5. The van der Waals surface area contributed by atoms with Gasteiger partial charge in [0.25, 0.3) is 0 Å². The second-order valence-corrected chi connectivity index (χ2v) is 3.18. The molecule has 1 aromatic rings. The number of nitrogens with zero attached hydrogens (tertiary/aromatic N) is 2. The molecule has 17 heavy (non-hydrogen) atoms. The number of nitrogens with two attached hydrogens (primary N) is 1. The van der Waals surface area contributed by atoms with E-state index in [1.807, 2.05) is 24.3 Å². The zero-order valence-electron chi connectivity index (χ0n) is 9.14. The first-order valence-corrected chi connectivity index (χ1v) is 5.17. The summed E-state index contributed by atoms with van der Waals surface area (Å²) in [7, 11) is 0. The summed E-state index contributed by atoms with van der Waals surface area (Å²) in [6.45, 7) is 4.05. The van der Waals surface area contributed by atoms with Crippen LogP contribution in [0.5, 0.6) is 5.75 Å². The number of halogens is 1. The summed E-state index contributed by atoms with van der Waals surface area (Å²) in [6, 6.07) is 7.39. The average Bonchev–Trinajstić information content (AvgIpc) is 2.37. The van der Waals surface area contributed by atoms with Gasteiger partial charge in [-0.2, -0.15) is 5.10 Å². The van der Waals surface area contributed by atoms with Gasteiger partial charge in [0.05, 0.1) is 6.21 Å². The van der Waals surface area contributed by atoms with Gasteiger partial charge in [-0.05, 0) is 29.8 Å². The summed E-state index contributed by atoms with van der Waals surface area (Å²) in [4.78, 5) is 0. The van der Waals surface area contributed by atoms with Gasteiger partial charge in [-0.15, -0.1) is 4.51 Å². The van der Waals surface area contributed by atoms with Crippen molar-refractivity contribution in [1.82, 2.24) is 5.43 Å². The van der Waals surface area contributed by atoms with E-state index in [1.54, 1.807) is 12.3 Å². The summed E-state index contributed by atoms with van der Waals surface area (Å²) in [5, 5.41) is 3.83. The lowest BCUT2D eigenvalue weighted by molar-refractivity contribution is 0.363. The molecule has 0 aliphatic rings. The van der Waals surface area contributed by atoms with Gasteiger partial charge in [-0.25, -0.2) is 5.43 Å². The lowest BCUT2D eigenvalue weighted by Crippen LogP contribution is -2.26. The monoisotopic (exact) mass is 252 g/mol. The van der Waals surface area contributed by atoms with E-state index < -0.39 is 0 Å². The van der Waals surface area contributed by atoms with E-state index in [9.17, 15) is 0 Å². The van der Waals surface area contributed by atoms with Crippen molar-refractivity contribution in [2.75, 3.05) is 6.61 Å². The van der Waals surface area contributed by atoms with Crippen molar-refractivity contribution in [2.45, 2.75) is 0 Å². The van der Waals surface area contributed by atoms with E-state index in [0.717, 1.165) is 11.3 Å². The molecule has 1 rings (SSSR count). The molecule has 0 aliphatic carbocycles. The standard InChI is InChI=1S/C11H13ClN4O/c1-2-7-17-10-5-3-9(4-6-10)8-14-16-11(13)15-12/h2-6,8H,1,7H2,(H3,13,15,16). The van der Waals surface area contributed by atoms with E-state index in [0.29, 0.717) is 6.61 Å². The minimum absolute atomic E-state index is 0.0360. The molecule has 90 valence electrons. The van der Waals surface area contributed by atoms with Crippen molar-refractivity contribution in [3.63, 3.8) is 0 Å². The predicted octanol–water partition coefficient (Wildman–Crippen LogP) is 1.64. The first-order chi connectivity index (χ1) is 8.26. The molecule has 0 saturated carbocycles. The molecular formula is C11H13ClN4O. The molecule has 1 aromatic carbocycles. The SMILES string of the molecule is C=CCOc1ccc(C=NN/C(N)=N/Cl)cc1. The molecule has 0 saturated heterocycles. The fourth-order valence-electron chi connectivity index (χ4n) is 0.997. The highest BCUT2D eigenvalue weighted by Crippen LogP contribution is 2.10. The van der Waals surface area contributed by atoms with E-state index in [4.69, 9.17) is 22.2 Å². The van der Waals surface area contributed by atoms with Crippen molar-refractivity contribution >= 4 is 24.0 Å². The highest BCUT2D eigenvalue weighted by Gasteiger charge is 1.92. The van der Waals surface area contributed by atoms with Gasteiger partial charge < -0.3 is 10.5 Å². The van der Waals surface area contributed by atoms with Gasteiger partial charge in [0.15, 0.2) is 0 Å². The second kappa shape index (κ2) is 7.29. The zero-order valence-corrected chi connectivity index (χ0v) is 9.89. The van der Waals surface area contributed by atoms with Crippen LogP contribution in [0.1, 0.15) is 5.56 Å². The van der Waals surface area contributed by atoms with Crippen molar-refractivity contribution in [2.24, 2.45) is 15.3 Å². The summed E-state index contributed by atoms with van der Waals surface area (Å²) in [6.07, 6.45) is 3.28. The van der Waals surface area contributed by atoms with Crippen LogP contribution in [0.15, 0.2) is 46.5 Å². The number of benzene rings is 1. The molecule has 0 amide bonds. The van der Waals surface area contributed by atoms with Gasteiger partial charge >= 0.3 is 0 Å². The van der Waals surface area contributed by atoms with Crippen molar-refractivity contribution in [1.29, 1.82) is 0 Å². The smallest absolute Gasteiger partial charge is 0.226 e. The highest BCUT2D eigenvalue weighted by molar-refractivity contribution is 6.19. The molecule has 0 fully saturated rings. The van der Waals surface area contributed by atoms with Gasteiger partial charge in [-0.1, -0.05) is 12.7 Å². The maximum Gasteiger partial charge on any atom is 0.226 e. The Morgan fingerprint density at radius 1 is 1.47 bits per heavy atom. The second-order valence-electron chi connectivity index (χ2n) is 3.01. The Bertz CT molecular complexity index is 414. The van der Waals surface area contributed by atoms with E-state index in [2.05, 4.69) is 21.6 Å². The summed E-state index contributed by atoms with van der Waals surface area (Å²) in [5.41, 5.74) is 8.62. The number of hydrogen-bond donors (Lipinski definition) is 2. The molecule has 0 aromatic heterocycles. The Balaban J connectivity index is 2.53. The molecule has 0 spiro atoms. The molecule has 5 nitrogen and oxygen atoms in total. The minimum Gasteiger partial charge on any atom is -0.490 e. The Kier molecular flexibility index (Phi) is 5.60. The number of nitrogens with one attached hydrogen (secondary N) is 1. The number of guanidine groups is 1. The van der Waals surface area contributed by atoms with Crippen LogP contribution in [-0.4, -0.2) is 18.8 Å². The molecule has 0 radical (unpaired) electrons.